The predicted octanol–water partition coefficient (Wildman–Crippen LogP) is 5.08. The number of halogens is 1. The molecule has 1 aromatic carbocycles. The van der Waals surface area contributed by atoms with Crippen molar-refractivity contribution < 1.29 is 0 Å². The minimum Gasteiger partial charge on any atom is -0.347 e. The smallest absolute Gasteiger partial charge is 0.0484 e. The Morgan fingerprint density at radius 1 is 1.06 bits per heavy atom. The largest absolute Gasteiger partial charge is 0.347 e. The van der Waals surface area contributed by atoms with Gasteiger partial charge < -0.3 is 4.57 Å². The Balaban J connectivity index is 2.88. The van der Waals surface area contributed by atoms with Crippen LogP contribution in [0.25, 0.3) is 10.9 Å². The summed E-state index contributed by atoms with van der Waals surface area (Å²) in [5, 5.41) is 2.12. The van der Waals surface area contributed by atoms with Crippen molar-refractivity contribution in [3.05, 3.63) is 34.5 Å². The standard InChI is InChI=1S/C15H20ClN/c1-9(2)14-12-8-11(16)6-7-13(12)17(5)15(14)10(3)4/h6-10H,1-5H3. The van der Waals surface area contributed by atoms with Crippen molar-refractivity contribution in [1.82, 2.24) is 4.57 Å². The lowest BCUT2D eigenvalue weighted by molar-refractivity contribution is 0.720. The lowest BCUT2D eigenvalue weighted by Crippen LogP contribution is -2.02. The van der Waals surface area contributed by atoms with Crippen LogP contribution >= 0.6 is 11.6 Å². The summed E-state index contributed by atoms with van der Waals surface area (Å²) < 4.78 is 2.31. The zero-order valence-corrected chi connectivity index (χ0v) is 12.0. The zero-order valence-electron chi connectivity index (χ0n) is 11.2. The average molecular weight is 250 g/mol. The van der Waals surface area contributed by atoms with Crippen molar-refractivity contribution in [2.75, 3.05) is 0 Å². The van der Waals surface area contributed by atoms with Crippen LogP contribution in [0.15, 0.2) is 18.2 Å². The molecule has 0 unspecified atom stereocenters. The first-order chi connectivity index (χ1) is 7.93. The molecule has 1 aromatic heterocycles. The van der Waals surface area contributed by atoms with Gasteiger partial charge >= 0.3 is 0 Å². The lowest BCUT2D eigenvalue weighted by atomic mass is 9.95. The van der Waals surface area contributed by atoms with Crippen LogP contribution < -0.4 is 0 Å². The molecule has 1 heterocycles. The van der Waals surface area contributed by atoms with Gasteiger partial charge in [0.2, 0.25) is 0 Å². The molecule has 0 saturated carbocycles. The van der Waals surface area contributed by atoms with Crippen molar-refractivity contribution in [3.63, 3.8) is 0 Å². The summed E-state index contributed by atoms with van der Waals surface area (Å²) in [4.78, 5) is 0. The van der Waals surface area contributed by atoms with Gasteiger partial charge in [0.1, 0.15) is 0 Å². The first-order valence-corrected chi connectivity index (χ1v) is 6.59. The van der Waals surface area contributed by atoms with Crippen LogP contribution in [0.5, 0.6) is 0 Å². The second-order valence-corrected chi connectivity index (χ2v) is 5.77. The van der Waals surface area contributed by atoms with Gasteiger partial charge in [0.05, 0.1) is 0 Å². The first kappa shape index (κ1) is 12.5. The molecule has 0 saturated heterocycles. The number of nitrogens with zero attached hydrogens (tertiary/aromatic N) is 1. The van der Waals surface area contributed by atoms with Crippen LogP contribution in [0.3, 0.4) is 0 Å². The van der Waals surface area contributed by atoms with Crippen LogP contribution in [-0.4, -0.2) is 4.57 Å². The Hall–Kier alpha value is -0.950. The Labute approximate surface area is 108 Å². The predicted molar refractivity (Wildman–Crippen MR) is 76.1 cm³/mol. The van der Waals surface area contributed by atoms with E-state index in [1.165, 1.54) is 22.2 Å². The second-order valence-electron chi connectivity index (χ2n) is 5.33. The Morgan fingerprint density at radius 3 is 2.24 bits per heavy atom. The number of hydrogen-bond acceptors (Lipinski definition) is 0. The summed E-state index contributed by atoms with van der Waals surface area (Å²) in [6.45, 7) is 9.01. The van der Waals surface area contributed by atoms with Gasteiger partial charge in [-0.3, -0.25) is 0 Å². The van der Waals surface area contributed by atoms with E-state index in [0.717, 1.165) is 5.02 Å². The van der Waals surface area contributed by atoms with Crippen molar-refractivity contribution in [1.29, 1.82) is 0 Å². The molecule has 2 heteroatoms. The van der Waals surface area contributed by atoms with Crippen LogP contribution in [0, 0.1) is 0 Å². The number of fused-ring (bicyclic) bond motifs is 1. The van der Waals surface area contributed by atoms with Crippen molar-refractivity contribution in [3.8, 4) is 0 Å². The van der Waals surface area contributed by atoms with Gasteiger partial charge in [0.25, 0.3) is 0 Å². The molecule has 92 valence electrons. The molecule has 0 aliphatic carbocycles. The third-order valence-corrected chi connectivity index (χ3v) is 3.61. The maximum Gasteiger partial charge on any atom is 0.0484 e. The highest BCUT2D eigenvalue weighted by Gasteiger charge is 2.19. The molecule has 1 nitrogen and oxygen atoms in total. The number of aryl methyl sites for hydroxylation is 1. The van der Waals surface area contributed by atoms with Gasteiger partial charge in [-0.25, -0.2) is 0 Å². The fourth-order valence-electron chi connectivity index (χ4n) is 2.77. The van der Waals surface area contributed by atoms with E-state index >= 15 is 0 Å². The molecular weight excluding hydrogens is 230 g/mol. The maximum absolute atomic E-state index is 6.13. The van der Waals surface area contributed by atoms with E-state index in [1.54, 1.807) is 0 Å². The second kappa shape index (κ2) is 4.38. The molecule has 0 radical (unpaired) electrons. The molecule has 0 spiro atoms. The van der Waals surface area contributed by atoms with Gasteiger partial charge in [-0.1, -0.05) is 39.3 Å². The van der Waals surface area contributed by atoms with E-state index in [-0.39, 0.29) is 0 Å². The van der Waals surface area contributed by atoms with Crippen LogP contribution in [0.4, 0.5) is 0 Å². The monoisotopic (exact) mass is 249 g/mol. The minimum atomic E-state index is 0.523. The fraction of sp³-hybridized carbons (Fsp3) is 0.467. The van der Waals surface area contributed by atoms with E-state index in [2.05, 4.69) is 51.4 Å². The average Bonchev–Trinajstić information content (AvgIpc) is 2.51. The molecule has 0 fully saturated rings. The van der Waals surface area contributed by atoms with E-state index < -0.39 is 0 Å². The third-order valence-electron chi connectivity index (χ3n) is 3.37. The van der Waals surface area contributed by atoms with E-state index in [9.17, 15) is 0 Å². The molecule has 17 heavy (non-hydrogen) atoms. The molecule has 0 aliphatic heterocycles. The summed E-state index contributed by atoms with van der Waals surface area (Å²) in [5.74, 6) is 1.05. The van der Waals surface area contributed by atoms with Crippen molar-refractivity contribution in [2.24, 2.45) is 7.05 Å². The maximum atomic E-state index is 6.13. The molecule has 2 aromatic rings. The molecule has 0 aliphatic rings. The number of benzene rings is 1. The van der Waals surface area contributed by atoms with Crippen LogP contribution in [0.2, 0.25) is 5.02 Å². The summed E-state index contributed by atoms with van der Waals surface area (Å²) in [6, 6.07) is 6.19. The van der Waals surface area contributed by atoms with Crippen molar-refractivity contribution in [2.45, 2.75) is 39.5 Å². The summed E-state index contributed by atoms with van der Waals surface area (Å²) in [7, 11) is 2.15. The van der Waals surface area contributed by atoms with Gasteiger partial charge in [-0.05, 0) is 35.6 Å². The summed E-state index contributed by atoms with van der Waals surface area (Å²) in [6.07, 6.45) is 0. The number of rotatable bonds is 2. The fourth-order valence-corrected chi connectivity index (χ4v) is 2.94. The van der Waals surface area contributed by atoms with Crippen LogP contribution in [-0.2, 0) is 7.05 Å². The van der Waals surface area contributed by atoms with E-state index in [4.69, 9.17) is 11.6 Å². The molecular formula is C15H20ClN. The van der Waals surface area contributed by atoms with Gasteiger partial charge in [-0.15, -0.1) is 0 Å². The summed E-state index contributed by atoms with van der Waals surface area (Å²) in [5.41, 5.74) is 4.15. The van der Waals surface area contributed by atoms with E-state index in [0.29, 0.717) is 11.8 Å². The topological polar surface area (TPSA) is 4.93 Å². The Morgan fingerprint density at radius 2 is 1.71 bits per heavy atom. The Kier molecular flexibility index (Phi) is 3.22. The molecule has 0 bridgehead atoms. The first-order valence-electron chi connectivity index (χ1n) is 6.21. The SMILES string of the molecule is CC(C)c1c(C(C)C)n(C)c2ccc(Cl)cc12. The van der Waals surface area contributed by atoms with E-state index in [1.807, 2.05) is 6.07 Å². The summed E-state index contributed by atoms with van der Waals surface area (Å²) >= 11 is 6.13. The highest BCUT2D eigenvalue weighted by molar-refractivity contribution is 6.31. The molecule has 0 amide bonds. The van der Waals surface area contributed by atoms with Crippen LogP contribution in [0.1, 0.15) is 50.8 Å². The number of aromatic nitrogens is 1. The lowest BCUT2D eigenvalue weighted by Gasteiger charge is -2.13. The highest BCUT2D eigenvalue weighted by Crippen LogP contribution is 2.36. The molecule has 2 rings (SSSR count). The van der Waals surface area contributed by atoms with Gasteiger partial charge in [-0.2, -0.15) is 0 Å². The van der Waals surface area contributed by atoms with Gasteiger partial charge in [0, 0.05) is 28.7 Å². The van der Waals surface area contributed by atoms with Gasteiger partial charge in [0.15, 0.2) is 0 Å². The third kappa shape index (κ3) is 1.97. The Bertz CT molecular complexity index is 550. The number of hydrogen-bond donors (Lipinski definition) is 0. The quantitative estimate of drug-likeness (QED) is 0.700. The highest BCUT2D eigenvalue weighted by atomic mass is 35.5. The molecule has 0 atom stereocenters. The normalized spacial score (nSPS) is 12.0. The zero-order chi connectivity index (χ0) is 12.7. The van der Waals surface area contributed by atoms with Crippen molar-refractivity contribution >= 4 is 22.5 Å². The minimum absolute atomic E-state index is 0.523. The molecule has 0 N–H and O–H groups in total.